The second-order valence-electron chi connectivity index (χ2n) is 6.27. The van der Waals surface area contributed by atoms with Crippen molar-refractivity contribution in [2.24, 2.45) is 0 Å². The van der Waals surface area contributed by atoms with E-state index in [1.54, 1.807) is 18.2 Å². The molecule has 0 amide bonds. The molecule has 0 saturated heterocycles. The number of H-pyrrole nitrogens is 1. The van der Waals surface area contributed by atoms with E-state index in [2.05, 4.69) is 9.97 Å². The maximum atomic E-state index is 13.3. The van der Waals surface area contributed by atoms with Crippen LogP contribution in [0.15, 0.2) is 58.5 Å². The Kier molecular flexibility index (Phi) is 5.52. The quantitative estimate of drug-likeness (QED) is 0.465. The van der Waals surface area contributed by atoms with Gasteiger partial charge < -0.3 is 9.40 Å². The summed E-state index contributed by atoms with van der Waals surface area (Å²) >= 11 is 6.04. The van der Waals surface area contributed by atoms with Crippen molar-refractivity contribution in [1.29, 1.82) is 0 Å². The molecule has 3 aromatic rings. The molecule has 146 valence electrons. The van der Waals surface area contributed by atoms with Crippen LogP contribution in [-0.4, -0.2) is 16.1 Å². The Bertz CT molecular complexity index is 1060. The van der Waals surface area contributed by atoms with Crippen LogP contribution in [0.1, 0.15) is 25.3 Å². The smallest absolute Gasteiger partial charge is 0.416 e. The second kappa shape index (κ2) is 7.72. The number of hydrogen-bond donors (Lipinski definition) is 1. The molecule has 0 radical (unpaired) electrons. The zero-order valence-corrected chi connectivity index (χ0v) is 16.2. The molecule has 0 spiro atoms. The number of nitrogens with zero attached hydrogens (tertiary/aromatic N) is 1. The van der Waals surface area contributed by atoms with Gasteiger partial charge in [0, 0.05) is 21.9 Å². The van der Waals surface area contributed by atoms with E-state index < -0.39 is 11.7 Å². The number of aromatic amines is 1. The number of aromatic nitrogens is 2. The number of allylic oxidation sites excluding steroid dienone is 4. The molecule has 0 atom stereocenters. The van der Waals surface area contributed by atoms with Gasteiger partial charge in [0.25, 0.3) is 0 Å². The summed E-state index contributed by atoms with van der Waals surface area (Å²) in [6.07, 6.45) is -2.08. The highest BCUT2D eigenvalue weighted by Gasteiger charge is 2.34. The maximum Gasteiger partial charge on any atom is 0.416 e. The van der Waals surface area contributed by atoms with Gasteiger partial charge in [0.15, 0.2) is 11.6 Å². The van der Waals surface area contributed by atoms with Crippen molar-refractivity contribution in [1.82, 2.24) is 9.97 Å². The molecule has 0 unspecified atom stereocenters. The molecular weight excluding hydrogens is 389 g/mol. The Balaban J connectivity index is 2.00. The first-order valence-corrected chi connectivity index (χ1v) is 8.92. The molecule has 1 N–H and O–H groups in total. The number of hydrogen-bond acceptors (Lipinski definition) is 2. The summed E-state index contributed by atoms with van der Waals surface area (Å²) in [6.45, 7) is 4.78. The summed E-state index contributed by atoms with van der Waals surface area (Å²) in [5, 5.41) is 0.589. The molecule has 7 heteroatoms. The van der Waals surface area contributed by atoms with E-state index in [0.717, 1.165) is 17.3 Å². The fourth-order valence-corrected chi connectivity index (χ4v) is 3.08. The number of aryl methyl sites for hydroxylation is 1. The van der Waals surface area contributed by atoms with E-state index in [-0.39, 0.29) is 11.3 Å². The average Bonchev–Trinajstić information content (AvgIpc) is 3.25. The molecule has 0 aliphatic rings. The van der Waals surface area contributed by atoms with E-state index in [4.69, 9.17) is 16.0 Å². The fourth-order valence-electron chi connectivity index (χ4n) is 2.89. The normalized spacial score (nSPS) is 13.2. The van der Waals surface area contributed by atoms with Crippen molar-refractivity contribution < 1.29 is 17.6 Å². The van der Waals surface area contributed by atoms with E-state index in [1.807, 2.05) is 19.1 Å². The largest absolute Gasteiger partial charge is 0.453 e. The predicted molar refractivity (Wildman–Crippen MR) is 105 cm³/mol. The second-order valence-corrected chi connectivity index (χ2v) is 6.71. The van der Waals surface area contributed by atoms with Crippen LogP contribution < -0.4 is 0 Å². The topological polar surface area (TPSA) is 41.8 Å². The van der Waals surface area contributed by atoms with Crippen molar-refractivity contribution in [3.05, 3.63) is 70.6 Å². The number of alkyl halides is 3. The molecule has 28 heavy (non-hydrogen) atoms. The van der Waals surface area contributed by atoms with Gasteiger partial charge in [0.05, 0.1) is 11.3 Å². The highest BCUT2D eigenvalue weighted by Crippen LogP contribution is 2.35. The van der Waals surface area contributed by atoms with Crippen LogP contribution in [0.3, 0.4) is 0 Å². The van der Waals surface area contributed by atoms with E-state index in [1.165, 1.54) is 26.0 Å². The van der Waals surface area contributed by atoms with Crippen LogP contribution in [0.5, 0.6) is 0 Å². The van der Waals surface area contributed by atoms with Crippen LogP contribution in [0.25, 0.3) is 28.4 Å². The van der Waals surface area contributed by atoms with Crippen molar-refractivity contribution in [2.45, 2.75) is 26.9 Å². The van der Waals surface area contributed by atoms with Crippen molar-refractivity contribution in [3.8, 4) is 22.8 Å². The number of halogens is 4. The first-order chi connectivity index (χ1) is 13.2. The molecule has 1 aromatic carbocycles. The summed E-state index contributed by atoms with van der Waals surface area (Å²) in [6, 6.07) is 10.4. The van der Waals surface area contributed by atoms with Crippen LogP contribution in [0, 0.1) is 6.92 Å². The zero-order valence-electron chi connectivity index (χ0n) is 15.5. The lowest BCUT2D eigenvalue weighted by Crippen LogP contribution is -2.11. The SMILES string of the molecule is C/C=C\C(=C(/C)c1ccc(-c2nc(-c3cccc(Cl)c3)c(C)[nH]2)o1)C(F)(F)F. The molecule has 3 nitrogen and oxygen atoms in total. The summed E-state index contributed by atoms with van der Waals surface area (Å²) in [7, 11) is 0. The lowest BCUT2D eigenvalue weighted by Gasteiger charge is -2.10. The molecule has 0 aliphatic carbocycles. The monoisotopic (exact) mass is 406 g/mol. The van der Waals surface area contributed by atoms with Crippen molar-refractivity contribution >= 4 is 17.2 Å². The van der Waals surface area contributed by atoms with Crippen LogP contribution >= 0.6 is 11.6 Å². The van der Waals surface area contributed by atoms with E-state index in [9.17, 15) is 13.2 Å². The molecule has 2 aromatic heterocycles. The summed E-state index contributed by atoms with van der Waals surface area (Å²) in [5.41, 5.74) is 1.60. The Labute approximate surface area is 165 Å². The summed E-state index contributed by atoms with van der Waals surface area (Å²) in [5.74, 6) is 0.928. The van der Waals surface area contributed by atoms with Gasteiger partial charge in [0.2, 0.25) is 0 Å². The minimum atomic E-state index is -4.47. The molecule has 3 rings (SSSR count). The van der Waals surface area contributed by atoms with E-state index >= 15 is 0 Å². The van der Waals surface area contributed by atoms with Crippen molar-refractivity contribution in [2.75, 3.05) is 0 Å². The van der Waals surface area contributed by atoms with Gasteiger partial charge in [-0.15, -0.1) is 0 Å². The third kappa shape index (κ3) is 4.07. The molecule has 0 bridgehead atoms. The standard InChI is InChI=1S/C21H18ClF3N2O/c1-4-6-16(21(23,24)25)12(2)17-9-10-18(28-17)20-26-13(3)19(27-20)14-7-5-8-15(22)11-14/h4-11H,1-3H3,(H,26,27)/b6-4-,16-12-. The first kappa shape index (κ1) is 20.0. The minimum Gasteiger partial charge on any atom is -0.453 e. The predicted octanol–water partition coefficient (Wildman–Crippen LogP) is 7.21. The van der Waals surface area contributed by atoms with Gasteiger partial charge in [-0.25, -0.2) is 4.98 Å². The molecule has 0 fully saturated rings. The Morgan fingerprint density at radius 3 is 2.61 bits per heavy atom. The van der Waals surface area contributed by atoms with Gasteiger partial charge in [0.1, 0.15) is 5.76 Å². The molecule has 0 aliphatic heterocycles. The number of nitrogens with one attached hydrogen (secondary N) is 1. The van der Waals surface area contributed by atoms with Gasteiger partial charge in [-0.3, -0.25) is 0 Å². The highest BCUT2D eigenvalue weighted by molar-refractivity contribution is 6.30. The van der Waals surface area contributed by atoms with Gasteiger partial charge in [-0.05, 0) is 45.0 Å². The highest BCUT2D eigenvalue weighted by atomic mass is 35.5. The zero-order chi connectivity index (χ0) is 20.5. The lowest BCUT2D eigenvalue weighted by atomic mass is 10.1. The van der Waals surface area contributed by atoms with Crippen LogP contribution in [0.4, 0.5) is 13.2 Å². The number of furan rings is 1. The first-order valence-electron chi connectivity index (χ1n) is 8.54. The van der Waals surface area contributed by atoms with Gasteiger partial charge in [-0.2, -0.15) is 13.2 Å². The fraction of sp³-hybridized carbons (Fsp3) is 0.190. The molecule has 0 saturated carbocycles. The minimum absolute atomic E-state index is 0.00944. The Hall–Kier alpha value is -2.73. The molecule has 2 heterocycles. The van der Waals surface area contributed by atoms with Crippen LogP contribution in [0.2, 0.25) is 5.02 Å². The Morgan fingerprint density at radius 1 is 1.21 bits per heavy atom. The van der Waals surface area contributed by atoms with E-state index in [0.29, 0.717) is 22.3 Å². The van der Waals surface area contributed by atoms with Gasteiger partial charge >= 0.3 is 6.18 Å². The number of rotatable bonds is 4. The maximum absolute atomic E-state index is 13.3. The lowest BCUT2D eigenvalue weighted by molar-refractivity contribution is -0.0877. The van der Waals surface area contributed by atoms with Gasteiger partial charge in [-0.1, -0.05) is 35.9 Å². The van der Waals surface area contributed by atoms with Crippen LogP contribution in [-0.2, 0) is 0 Å². The number of imidazole rings is 1. The average molecular weight is 407 g/mol. The number of benzene rings is 1. The third-order valence-corrected chi connectivity index (χ3v) is 4.47. The summed E-state index contributed by atoms with van der Waals surface area (Å²) < 4.78 is 45.5. The van der Waals surface area contributed by atoms with Crippen molar-refractivity contribution in [3.63, 3.8) is 0 Å². The Morgan fingerprint density at radius 2 is 1.96 bits per heavy atom. The molecular formula is C21H18ClF3N2O. The third-order valence-electron chi connectivity index (χ3n) is 4.23. The summed E-state index contributed by atoms with van der Waals surface area (Å²) in [4.78, 5) is 7.65.